The van der Waals surface area contributed by atoms with Crippen molar-refractivity contribution in [2.24, 2.45) is 11.8 Å². The van der Waals surface area contributed by atoms with Gasteiger partial charge >= 0.3 is 0 Å². The predicted octanol–water partition coefficient (Wildman–Crippen LogP) is 4.75. The van der Waals surface area contributed by atoms with Gasteiger partial charge in [0.15, 0.2) is 0 Å². The maximum atomic E-state index is 12.4. The van der Waals surface area contributed by atoms with Crippen LogP contribution >= 0.6 is 23.2 Å². The molecule has 1 aromatic carbocycles. The van der Waals surface area contributed by atoms with Crippen LogP contribution < -0.4 is 5.32 Å². The van der Waals surface area contributed by atoms with Crippen molar-refractivity contribution >= 4 is 34.8 Å². The molecule has 1 heterocycles. The molecule has 0 spiro atoms. The summed E-state index contributed by atoms with van der Waals surface area (Å²) in [7, 11) is 0. The summed E-state index contributed by atoms with van der Waals surface area (Å²) in [5.41, 5.74) is 1.44. The Bertz CT molecular complexity index is 591. The van der Waals surface area contributed by atoms with Crippen molar-refractivity contribution in [3.8, 4) is 0 Å². The average Bonchev–Trinajstić information content (AvgIpc) is 2.55. The number of hydrogen-bond donors (Lipinski definition) is 1. The lowest BCUT2D eigenvalue weighted by Crippen LogP contribution is -2.44. The summed E-state index contributed by atoms with van der Waals surface area (Å²) < 4.78 is 0. The number of nitrogens with one attached hydrogen (secondary N) is 1. The third-order valence-corrected chi connectivity index (χ3v) is 6.09. The van der Waals surface area contributed by atoms with E-state index >= 15 is 0 Å². The number of aryl methyl sites for hydroxylation is 1. The van der Waals surface area contributed by atoms with Crippen LogP contribution in [0.3, 0.4) is 0 Å². The summed E-state index contributed by atoms with van der Waals surface area (Å²) in [4.78, 5) is 14.7. The Morgan fingerprint density at radius 1 is 1.22 bits per heavy atom. The van der Waals surface area contributed by atoms with E-state index in [0.717, 1.165) is 30.5 Å². The fraction of sp³-hybridized carbons (Fsp3) is 0.611. The minimum atomic E-state index is -0.0336. The van der Waals surface area contributed by atoms with E-state index in [1.807, 2.05) is 13.0 Å². The molecule has 0 unspecified atom stereocenters. The average molecular weight is 355 g/mol. The Kier molecular flexibility index (Phi) is 5.50. The van der Waals surface area contributed by atoms with Gasteiger partial charge in [-0.25, -0.2) is 0 Å². The van der Waals surface area contributed by atoms with Gasteiger partial charge in [-0.3, -0.25) is 9.69 Å². The van der Waals surface area contributed by atoms with Crippen molar-refractivity contribution in [3.63, 3.8) is 0 Å². The molecule has 23 heavy (non-hydrogen) atoms. The number of fused-ring (bicyclic) bond motifs is 1. The first-order valence-corrected chi connectivity index (χ1v) is 9.27. The minimum absolute atomic E-state index is 0.0336. The van der Waals surface area contributed by atoms with Crippen molar-refractivity contribution in [1.29, 1.82) is 0 Å². The molecule has 0 radical (unpaired) electrons. The molecule has 2 fully saturated rings. The van der Waals surface area contributed by atoms with E-state index in [1.54, 1.807) is 6.07 Å². The molecule has 0 bridgehead atoms. The second-order valence-electron chi connectivity index (χ2n) is 6.93. The van der Waals surface area contributed by atoms with E-state index in [-0.39, 0.29) is 5.91 Å². The highest BCUT2D eigenvalue weighted by Crippen LogP contribution is 2.36. The summed E-state index contributed by atoms with van der Waals surface area (Å²) in [5.74, 6) is 1.62. The van der Waals surface area contributed by atoms with E-state index in [2.05, 4.69) is 10.2 Å². The van der Waals surface area contributed by atoms with Crippen LogP contribution in [0.25, 0.3) is 0 Å². The lowest BCUT2D eigenvalue weighted by Gasteiger charge is -2.41. The molecule has 3 nitrogen and oxygen atoms in total. The van der Waals surface area contributed by atoms with Gasteiger partial charge in [0.25, 0.3) is 0 Å². The number of benzene rings is 1. The largest absolute Gasteiger partial charge is 0.322 e. The summed E-state index contributed by atoms with van der Waals surface area (Å²) in [6, 6.07) is 3.63. The molecule has 5 heteroatoms. The van der Waals surface area contributed by atoms with Crippen LogP contribution in [-0.2, 0) is 4.79 Å². The molecule has 3 rings (SSSR count). The molecule has 1 N–H and O–H groups in total. The van der Waals surface area contributed by atoms with Crippen LogP contribution in [0.2, 0.25) is 10.0 Å². The predicted molar refractivity (Wildman–Crippen MR) is 96.3 cm³/mol. The lowest BCUT2D eigenvalue weighted by atomic mass is 9.75. The topological polar surface area (TPSA) is 32.3 Å². The molecule has 1 saturated carbocycles. The molecule has 1 amide bonds. The summed E-state index contributed by atoms with van der Waals surface area (Å²) in [6.07, 6.45) is 6.64. The number of amides is 1. The van der Waals surface area contributed by atoms with Gasteiger partial charge in [0.05, 0.1) is 22.3 Å². The maximum Gasteiger partial charge on any atom is 0.238 e. The first kappa shape index (κ1) is 17.1. The van der Waals surface area contributed by atoms with E-state index in [4.69, 9.17) is 23.2 Å². The number of carbonyl (C=O) groups is 1. The van der Waals surface area contributed by atoms with Crippen molar-refractivity contribution < 1.29 is 4.79 Å². The monoisotopic (exact) mass is 354 g/mol. The molecular weight excluding hydrogens is 331 g/mol. The standard InChI is InChI=1S/C18H24Cl2N2O/c1-12-6-7-15(19)18(17(12)20)21-16(23)11-22-9-8-13-4-2-3-5-14(13)10-22/h6-7,13-14H,2-5,8-11H2,1H3,(H,21,23)/t13-,14+/m0/s1. The zero-order chi connectivity index (χ0) is 16.4. The van der Waals surface area contributed by atoms with Gasteiger partial charge in [-0.15, -0.1) is 0 Å². The highest BCUT2D eigenvalue weighted by Gasteiger charge is 2.31. The fourth-order valence-electron chi connectivity index (χ4n) is 3.97. The number of piperidine rings is 1. The summed E-state index contributed by atoms with van der Waals surface area (Å²) >= 11 is 12.4. The molecule has 2 aliphatic rings. The smallest absolute Gasteiger partial charge is 0.238 e. The third kappa shape index (κ3) is 4.01. The van der Waals surface area contributed by atoms with Crippen molar-refractivity contribution in [1.82, 2.24) is 4.90 Å². The summed E-state index contributed by atoms with van der Waals surface area (Å²) in [5, 5.41) is 3.91. The quantitative estimate of drug-likeness (QED) is 0.848. The second-order valence-corrected chi connectivity index (χ2v) is 7.72. The number of carbonyl (C=O) groups excluding carboxylic acids is 1. The first-order chi connectivity index (χ1) is 11.0. The third-order valence-electron chi connectivity index (χ3n) is 5.29. The fourth-order valence-corrected chi connectivity index (χ4v) is 4.44. The van der Waals surface area contributed by atoms with E-state index < -0.39 is 0 Å². The van der Waals surface area contributed by atoms with Gasteiger partial charge in [0.2, 0.25) is 5.91 Å². The van der Waals surface area contributed by atoms with Crippen molar-refractivity contribution in [2.45, 2.75) is 39.0 Å². The van der Waals surface area contributed by atoms with Crippen LogP contribution in [0.5, 0.6) is 0 Å². The van der Waals surface area contributed by atoms with E-state index in [0.29, 0.717) is 22.3 Å². The minimum Gasteiger partial charge on any atom is -0.322 e. The molecule has 126 valence electrons. The molecule has 0 aromatic heterocycles. The number of halogens is 2. The molecule has 1 saturated heterocycles. The molecular formula is C18H24Cl2N2O. The molecule has 2 atom stereocenters. The van der Waals surface area contributed by atoms with Gasteiger partial charge in [-0.1, -0.05) is 48.5 Å². The Morgan fingerprint density at radius 2 is 1.96 bits per heavy atom. The van der Waals surface area contributed by atoms with Gasteiger partial charge in [0, 0.05) is 6.54 Å². The Hall–Kier alpha value is -0.770. The normalized spacial score (nSPS) is 25.0. The number of nitrogens with zero attached hydrogens (tertiary/aromatic N) is 1. The summed E-state index contributed by atoms with van der Waals surface area (Å²) in [6.45, 7) is 4.39. The van der Waals surface area contributed by atoms with Crippen LogP contribution in [0.15, 0.2) is 12.1 Å². The lowest BCUT2D eigenvalue weighted by molar-refractivity contribution is -0.118. The molecule has 1 aliphatic heterocycles. The van der Waals surface area contributed by atoms with Crippen LogP contribution in [-0.4, -0.2) is 30.4 Å². The SMILES string of the molecule is Cc1ccc(Cl)c(NC(=O)CN2CC[C@@H]3CCCC[C@@H]3C2)c1Cl. The van der Waals surface area contributed by atoms with Gasteiger partial charge < -0.3 is 5.32 Å². The molecule has 1 aromatic rings. The number of anilines is 1. The number of likely N-dealkylation sites (tertiary alicyclic amines) is 1. The van der Waals surface area contributed by atoms with E-state index in [1.165, 1.54) is 32.1 Å². The highest BCUT2D eigenvalue weighted by molar-refractivity contribution is 6.40. The van der Waals surface area contributed by atoms with Gasteiger partial charge in [-0.2, -0.15) is 0 Å². The zero-order valence-electron chi connectivity index (χ0n) is 13.6. The van der Waals surface area contributed by atoms with E-state index in [9.17, 15) is 4.79 Å². The zero-order valence-corrected chi connectivity index (χ0v) is 15.1. The van der Waals surface area contributed by atoms with Crippen molar-refractivity contribution in [3.05, 3.63) is 27.7 Å². The van der Waals surface area contributed by atoms with Gasteiger partial charge in [-0.05, 0) is 49.8 Å². The molecule has 1 aliphatic carbocycles. The second kappa shape index (κ2) is 7.42. The Balaban J connectivity index is 1.59. The van der Waals surface area contributed by atoms with Crippen LogP contribution in [0.4, 0.5) is 5.69 Å². The number of hydrogen-bond acceptors (Lipinski definition) is 2. The van der Waals surface area contributed by atoms with Gasteiger partial charge in [0.1, 0.15) is 0 Å². The Labute approximate surface area is 148 Å². The number of rotatable bonds is 3. The van der Waals surface area contributed by atoms with Crippen molar-refractivity contribution in [2.75, 3.05) is 25.0 Å². The highest BCUT2D eigenvalue weighted by atomic mass is 35.5. The Morgan fingerprint density at radius 3 is 2.74 bits per heavy atom. The first-order valence-electron chi connectivity index (χ1n) is 8.51. The van der Waals surface area contributed by atoms with Crippen LogP contribution in [0.1, 0.15) is 37.7 Å². The maximum absolute atomic E-state index is 12.4. The van der Waals surface area contributed by atoms with Crippen LogP contribution in [0, 0.1) is 18.8 Å².